The Kier molecular flexibility index (Phi) is 3.97. The number of aromatic nitrogens is 1. The van der Waals surface area contributed by atoms with Gasteiger partial charge in [-0.3, -0.25) is 4.90 Å². The number of pyridine rings is 1. The molecule has 4 nitrogen and oxygen atoms in total. The van der Waals surface area contributed by atoms with E-state index in [1.165, 1.54) is 25.1 Å². The summed E-state index contributed by atoms with van der Waals surface area (Å²) in [6, 6.07) is 5.52. The van der Waals surface area contributed by atoms with Crippen LogP contribution in [0, 0.1) is 0 Å². The molecule has 1 aromatic heterocycles. The maximum Gasteiger partial charge on any atom is 0.212 e. The van der Waals surface area contributed by atoms with Crippen molar-refractivity contribution in [2.75, 3.05) is 20.2 Å². The Morgan fingerprint density at radius 2 is 2.33 bits per heavy atom. The SMILES string of the molecule is COc1ccc(CN2CC3CC2CN3SI)cn1. The van der Waals surface area contributed by atoms with Crippen LogP contribution in [0.1, 0.15) is 12.0 Å². The van der Waals surface area contributed by atoms with E-state index in [4.69, 9.17) is 4.74 Å². The molecule has 2 aliphatic rings. The summed E-state index contributed by atoms with van der Waals surface area (Å²) in [5.41, 5.74) is 1.28. The fraction of sp³-hybridized carbons (Fsp3) is 0.583. The summed E-state index contributed by atoms with van der Waals surface area (Å²) in [6.07, 6.45) is 3.25. The number of nitrogens with zero attached hydrogens (tertiary/aromatic N) is 3. The molecule has 0 spiro atoms. The van der Waals surface area contributed by atoms with Gasteiger partial charge in [-0.15, -0.1) is 0 Å². The van der Waals surface area contributed by atoms with E-state index in [2.05, 4.69) is 41.5 Å². The van der Waals surface area contributed by atoms with Crippen LogP contribution in [0.15, 0.2) is 18.3 Å². The predicted octanol–water partition coefficient (Wildman–Crippen LogP) is 2.35. The fourth-order valence-corrected chi connectivity index (χ4v) is 4.79. The number of rotatable bonds is 4. The molecule has 2 saturated heterocycles. The Balaban J connectivity index is 1.61. The average molecular weight is 377 g/mol. The number of hydrogen-bond acceptors (Lipinski definition) is 5. The van der Waals surface area contributed by atoms with Gasteiger partial charge in [0, 0.05) is 65.2 Å². The molecule has 98 valence electrons. The highest BCUT2D eigenvalue weighted by Crippen LogP contribution is 2.38. The first-order valence-corrected chi connectivity index (χ1v) is 9.40. The molecule has 18 heavy (non-hydrogen) atoms. The Hall–Kier alpha value is -0.0500. The molecule has 0 N–H and O–H groups in total. The van der Waals surface area contributed by atoms with Crippen molar-refractivity contribution in [1.29, 1.82) is 0 Å². The molecule has 2 unspecified atom stereocenters. The number of piperazine rings is 1. The Morgan fingerprint density at radius 3 is 2.89 bits per heavy atom. The number of methoxy groups -OCH3 is 1. The molecular weight excluding hydrogens is 361 g/mol. The zero-order valence-electron chi connectivity index (χ0n) is 10.3. The first-order chi connectivity index (χ1) is 8.80. The Labute approximate surface area is 124 Å². The monoisotopic (exact) mass is 377 g/mol. The highest BCUT2D eigenvalue weighted by Gasteiger charge is 2.43. The average Bonchev–Trinajstić information content (AvgIpc) is 2.99. The molecule has 2 fully saturated rings. The van der Waals surface area contributed by atoms with Crippen molar-refractivity contribution in [3.05, 3.63) is 23.9 Å². The van der Waals surface area contributed by atoms with Gasteiger partial charge in [0.25, 0.3) is 0 Å². The molecule has 1 aromatic rings. The molecule has 2 atom stereocenters. The van der Waals surface area contributed by atoms with Gasteiger partial charge in [0.05, 0.1) is 7.11 Å². The van der Waals surface area contributed by atoms with E-state index in [0.29, 0.717) is 5.88 Å². The smallest absolute Gasteiger partial charge is 0.212 e. The van der Waals surface area contributed by atoms with Crippen molar-refractivity contribution in [2.24, 2.45) is 0 Å². The molecule has 6 heteroatoms. The van der Waals surface area contributed by atoms with Crippen molar-refractivity contribution in [1.82, 2.24) is 14.2 Å². The highest BCUT2D eigenvalue weighted by molar-refractivity contribution is 14.2. The first-order valence-electron chi connectivity index (χ1n) is 6.08. The number of fused-ring (bicyclic) bond motifs is 2. The topological polar surface area (TPSA) is 28.6 Å². The minimum atomic E-state index is 0.689. The quantitative estimate of drug-likeness (QED) is 0.594. The summed E-state index contributed by atoms with van der Waals surface area (Å²) in [5.74, 6) is 0.689. The van der Waals surface area contributed by atoms with Crippen LogP contribution in [-0.2, 0) is 6.54 Å². The van der Waals surface area contributed by atoms with Gasteiger partial charge in [-0.25, -0.2) is 9.29 Å². The lowest BCUT2D eigenvalue weighted by atomic mass is 10.2. The third-order valence-electron chi connectivity index (χ3n) is 3.78. The number of hydrogen-bond donors (Lipinski definition) is 0. The molecule has 0 saturated carbocycles. The van der Waals surface area contributed by atoms with Crippen LogP contribution in [0.4, 0.5) is 0 Å². The van der Waals surface area contributed by atoms with Crippen LogP contribution in [0.2, 0.25) is 0 Å². The highest BCUT2D eigenvalue weighted by atomic mass is 127. The second kappa shape index (κ2) is 5.52. The number of ether oxygens (including phenoxy) is 1. The minimum absolute atomic E-state index is 0.689. The van der Waals surface area contributed by atoms with Crippen molar-refractivity contribution in [2.45, 2.75) is 25.0 Å². The van der Waals surface area contributed by atoms with Gasteiger partial charge in [-0.2, -0.15) is 0 Å². The zero-order chi connectivity index (χ0) is 12.5. The summed E-state index contributed by atoms with van der Waals surface area (Å²) < 4.78 is 7.59. The molecule has 0 amide bonds. The zero-order valence-corrected chi connectivity index (χ0v) is 13.2. The Bertz CT molecular complexity index is 416. The van der Waals surface area contributed by atoms with Crippen LogP contribution >= 0.6 is 30.3 Å². The lowest BCUT2D eigenvalue weighted by molar-refractivity contribution is 0.182. The molecule has 2 bridgehead atoms. The number of halogens is 1. The van der Waals surface area contributed by atoms with E-state index >= 15 is 0 Å². The molecule has 0 radical (unpaired) electrons. The fourth-order valence-electron chi connectivity index (χ4n) is 2.85. The van der Waals surface area contributed by atoms with E-state index in [1.54, 1.807) is 7.11 Å². The van der Waals surface area contributed by atoms with E-state index in [1.807, 2.05) is 21.4 Å². The molecule has 3 rings (SSSR count). The van der Waals surface area contributed by atoms with Gasteiger partial charge < -0.3 is 4.74 Å². The Morgan fingerprint density at radius 1 is 1.44 bits per heavy atom. The summed E-state index contributed by atoms with van der Waals surface area (Å²) in [6.45, 7) is 3.40. The summed E-state index contributed by atoms with van der Waals surface area (Å²) in [4.78, 5) is 6.85. The lowest BCUT2D eigenvalue weighted by Gasteiger charge is -2.32. The second-order valence-electron chi connectivity index (χ2n) is 4.85. The number of likely N-dealkylation sites (tertiary alicyclic amines) is 1. The van der Waals surface area contributed by atoms with Crippen LogP contribution in [-0.4, -0.2) is 46.5 Å². The van der Waals surface area contributed by atoms with Crippen molar-refractivity contribution >= 4 is 30.3 Å². The van der Waals surface area contributed by atoms with Gasteiger partial charge in [-0.05, 0) is 21.1 Å². The molecular formula is C12H16IN3OS. The van der Waals surface area contributed by atoms with Gasteiger partial charge in [0.1, 0.15) is 0 Å². The van der Waals surface area contributed by atoms with Crippen LogP contribution < -0.4 is 4.74 Å². The van der Waals surface area contributed by atoms with E-state index < -0.39 is 0 Å². The maximum atomic E-state index is 5.08. The van der Waals surface area contributed by atoms with E-state index in [0.717, 1.165) is 18.6 Å². The summed E-state index contributed by atoms with van der Waals surface area (Å²) >= 11 is 2.39. The third-order valence-corrected chi connectivity index (χ3v) is 5.93. The van der Waals surface area contributed by atoms with Crippen LogP contribution in [0.5, 0.6) is 5.88 Å². The van der Waals surface area contributed by atoms with Gasteiger partial charge in [0.15, 0.2) is 0 Å². The first kappa shape index (κ1) is 13.0. The molecule has 0 aliphatic carbocycles. The third kappa shape index (κ3) is 2.48. The molecule has 3 heterocycles. The second-order valence-corrected chi connectivity index (χ2v) is 6.64. The van der Waals surface area contributed by atoms with Crippen molar-refractivity contribution in [3.63, 3.8) is 0 Å². The maximum absolute atomic E-state index is 5.08. The summed E-state index contributed by atoms with van der Waals surface area (Å²) in [5, 5.41) is 0. The standard InChI is InChI=1S/C12H16IN3OS/c1-17-12-3-2-9(5-14-12)6-15-7-11-4-10(15)8-16(11)18-13/h2-3,5,10-11H,4,6-8H2,1H3. The predicted molar refractivity (Wildman–Crippen MR) is 81.7 cm³/mol. The molecule has 0 aromatic carbocycles. The summed E-state index contributed by atoms with van der Waals surface area (Å²) in [7, 11) is 3.51. The van der Waals surface area contributed by atoms with Crippen molar-refractivity contribution < 1.29 is 4.74 Å². The van der Waals surface area contributed by atoms with E-state index in [-0.39, 0.29) is 0 Å². The van der Waals surface area contributed by atoms with Crippen LogP contribution in [0.25, 0.3) is 0 Å². The van der Waals surface area contributed by atoms with Crippen LogP contribution in [0.3, 0.4) is 0 Å². The lowest BCUT2D eigenvalue weighted by Crippen LogP contribution is -2.42. The van der Waals surface area contributed by atoms with Gasteiger partial charge >= 0.3 is 0 Å². The van der Waals surface area contributed by atoms with E-state index in [9.17, 15) is 0 Å². The minimum Gasteiger partial charge on any atom is -0.481 e. The normalized spacial score (nSPS) is 27.9. The molecule has 2 aliphatic heterocycles. The largest absolute Gasteiger partial charge is 0.481 e. The van der Waals surface area contributed by atoms with Gasteiger partial charge in [-0.1, -0.05) is 6.07 Å². The van der Waals surface area contributed by atoms with Crippen molar-refractivity contribution in [3.8, 4) is 5.88 Å². The van der Waals surface area contributed by atoms with Gasteiger partial charge in [0.2, 0.25) is 5.88 Å².